The average Bonchev–Trinajstić information content (AvgIpc) is 2.65. The molecule has 1 N–H and O–H groups in total. The first kappa shape index (κ1) is 19.4. The molecule has 1 atom stereocenters. The van der Waals surface area contributed by atoms with E-state index in [1.165, 1.54) is 24.1 Å². The first-order valence-corrected chi connectivity index (χ1v) is 8.36. The SMILES string of the molecule is CNC(=O)[C@H](C)N(Cc1ccc(F)cc1)C(=O)COc1ccccc1C. The number of halogens is 1. The van der Waals surface area contributed by atoms with Gasteiger partial charge in [0.05, 0.1) is 0 Å². The van der Waals surface area contributed by atoms with Crippen LogP contribution in [0.3, 0.4) is 0 Å². The van der Waals surface area contributed by atoms with Crippen LogP contribution in [0, 0.1) is 12.7 Å². The van der Waals surface area contributed by atoms with Crippen molar-refractivity contribution in [3.63, 3.8) is 0 Å². The van der Waals surface area contributed by atoms with E-state index in [0.717, 1.165) is 11.1 Å². The number of carbonyl (C=O) groups is 2. The number of rotatable bonds is 7. The van der Waals surface area contributed by atoms with Crippen LogP contribution >= 0.6 is 0 Å². The zero-order chi connectivity index (χ0) is 19.1. The molecule has 26 heavy (non-hydrogen) atoms. The molecule has 2 amide bonds. The van der Waals surface area contributed by atoms with E-state index in [4.69, 9.17) is 4.74 Å². The Morgan fingerprint density at radius 1 is 1.15 bits per heavy atom. The van der Waals surface area contributed by atoms with Gasteiger partial charge in [0.15, 0.2) is 6.61 Å². The third-order valence-electron chi connectivity index (χ3n) is 4.12. The van der Waals surface area contributed by atoms with Crippen molar-refractivity contribution >= 4 is 11.8 Å². The fourth-order valence-electron chi connectivity index (χ4n) is 2.52. The molecule has 0 fully saturated rings. The van der Waals surface area contributed by atoms with Gasteiger partial charge in [-0.2, -0.15) is 0 Å². The van der Waals surface area contributed by atoms with Crippen molar-refractivity contribution in [2.75, 3.05) is 13.7 Å². The predicted octanol–water partition coefficient (Wildman–Crippen LogP) is 2.68. The average molecular weight is 358 g/mol. The van der Waals surface area contributed by atoms with Crippen molar-refractivity contribution in [2.24, 2.45) is 0 Å². The van der Waals surface area contributed by atoms with Crippen LogP contribution in [0.4, 0.5) is 4.39 Å². The molecule has 0 bridgehead atoms. The quantitative estimate of drug-likeness (QED) is 0.828. The van der Waals surface area contributed by atoms with E-state index >= 15 is 0 Å². The van der Waals surface area contributed by atoms with Gasteiger partial charge in [-0.1, -0.05) is 30.3 Å². The summed E-state index contributed by atoms with van der Waals surface area (Å²) in [6.07, 6.45) is 0. The van der Waals surface area contributed by atoms with Crippen molar-refractivity contribution < 1.29 is 18.7 Å². The zero-order valence-corrected chi connectivity index (χ0v) is 15.2. The summed E-state index contributed by atoms with van der Waals surface area (Å²) in [5.74, 6) is -0.339. The summed E-state index contributed by atoms with van der Waals surface area (Å²) < 4.78 is 18.7. The van der Waals surface area contributed by atoms with E-state index in [9.17, 15) is 14.0 Å². The molecule has 2 aromatic rings. The van der Waals surface area contributed by atoms with Crippen LogP contribution in [-0.2, 0) is 16.1 Å². The molecule has 0 spiro atoms. The van der Waals surface area contributed by atoms with E-state index in [1.807, 2.05) is 25.1 Å². The lowest BCUT2D eigenvalue weighted by Crippen LogP contribution is -2.48. The Hall–Kier alpha value is -2.89. The second-order valence-corrected chi connectivity index (χ2v) is 5.99. The maximum absolute atomic E-state index is 13.1. The Morgan fingerprint density at radius 3 is 2.42 bits per heavy atom. The summed E-state index contributed by atoms with van der Waals surface area (Å²) in [5.41, 5.74) is 1.65. The minimum Gasteiger partial charge on any atom is -0.484 e. The maximum Gasteiger partial charge on any atom is 0.261 e. The van der Waals surface area contributed by atoms with Crippen LogP contribution in [0.2, 0.25) is 0 Å². The number of nitrogens with one attached hydrogen (secondary N) is 1. The standard InChI is InChI=1S/C20H23FN2O3/c1-14-6-4-5-7-18(14)26-13-19(24)23(15(2)20(25)22-3)12-16-8-10-17(21)11-9-16/h4-11,15H,12-13H2,1-3H3,(H,22,25)/t15-/m0/s1. The highest BCUT2D eigenvalue weighted by Crippen LogP contribution is 2.17. The molecule has 0 aliphatic heterocycles. The zero-order valence-electron chi connectivity index (χ0n) is 15.2. The van der Waals surface area contributed by atoms with Crippen molar-refractivity contribution in [3.8, 4) is 5.75 Å². The second kappa shape index (κ2) is 8.99. The van der Waals surface area contributed by atoms with Gasteiger partial charge in [-0.05, 0) is 43.2 Å². The number of benzene rings is 2. The van der Waals surface area contributed by atoms with Crippen LogP contribution in [0.5, 0.6) is 5.75 Å². The van der Waals surface area contributed by atoms with E-state index in [0.29, 0.717) is 5.75 Å². The molecular weight excluding hydrogens is 335 g/mol. The van der Waals surface area contributed by atoms with Gasteiger partial charge in [-0.3, -0.25) is 9.59 Å². The van der Waals surface area contributed by atoms with Crippen LogP contribution in [-0.4, -0.2) is 36.4 Å². The predicted molar refractivity (Wildman–Crippen MR) is 97.2 cm³/mol. The van der Waals surface area contributed by atoms with Gasteiger partial charge in [-0.15, -0.1) is 0 Å². The summed E-state index contributed by atoms with van der Waals surface area (Å²) in [4.78, 5) is 26.2. The summed E-state index contributed by atoms with van der Waals surface area (Å²) in [5, 5.41) is 2.54. The maximum atomic E-state index is 13.1. The van der Waals surface area contributed by atoms with Crippen LogP contribution in [0.1, 0.15) is 18.1 Å². The summed E-state index contributed by atoms with van der Waals surface area (Å²) in [7, 11) is 1.52. The lowest BCUT2D eigenvalue weighted by Gasteiger charge is -2.28. The Morgan fingerprint density at radius 2 is 1.81 bits per heavy atom. The molecule has 0 aromatic heterocycles. The van der Waals surface area contributed by atoms with Crippen molar-refractivity contribution in [1.29, 1.82) is 0 Å². The number of hydrogen-bond acceptors (Lipinski definition) is 3. The molecule has 0 radical (unpaired) electrons. The number of hydrogen-bond donors (Lipinski definition) is 1. The smallest absolute Gasteiger partial charge is 0.261 e. The molecule has 0 saturated carbocycles. The first-order valence-electron chi connectivity index (χ1n) is 8.36. The lowest BCUT2D eigenvalue weighted by molar-refractivity contribution is -0.142. The number of likely N-dealkylation sites (N-methyl/N-ethyl adjacent to an activating group) is 1. The molecule has 0 saturated heterocycles. The first-order chi connectivity index (χ1) is 12.4. The fourth-order valence-corrected chi connectivity index (χ4v) is 2.52. The minimum atomic E-state index is -0.682. The third kappa shape index (κ3) is 5.05. The number of para-hydroxylation sites is 1. The molecular formula is C20H23FN2O3. The molecule has 0 aliphatic carbocycles. The van der Waals surface area contributed by atoms with E-state index in [2.05, 4.69) is 5.32 Å². The van der Waals surface area contributed by atoms with Gasteiger partial charge in [0.1, 0.15) is 17.6 Å². The number of nitrogens with zero attached hydrogens (tertiary/aromatic N) is 1. The summed E-state index contributed by atoms with van der Waals surface area (Å²) in [6.45, 7) is 3.54. The Balaban J connectivity index is 2.13. The molecule has 0 unspecified atom stereocenters. The number of ether oxygens (including phenoxy) is 1. The highest BCUT2D eigenvalue weighted by Gasteiger charge is 2.25. The van der Waals surface area contributed by atoms with Crippen molar-refractivity contribution in [3.05, 3.63) is 65.5 Å². The van der Waals surface area contributed by atoms with E-state index < -0.39 is 6.04 Å². The number of amides is 2. The van der Waals surface area contributed by atoms with Gasteiger partial charge < -0.3 is 15.0 Å². The topological polar surface area (TPSA) is 58.6 Å². The molecule has 0 heterocycles. The van der Waals surface area contributed by atoms with Crippen molar-refractivity contribution in [2.45, 2.75) is 26.4 Å². The number of carbonyl (C=O) groups excluding carboxylic acids is 2. The summed E-state index contributed by atoms with van der Waals surface area (Å²) in [6, 6.07) is 12.5. The van der Waals surface area contributed by atoms with Crippen LogP contribution in [0.25, 0.3) is 0 Å². The highest BCUT2D eigenvalue weighted by atomic mass is 19.1. The van der Waals surface area contributed by atoms with Crippen LogP contribution < -0.4 is 10.1 Å². The fraction of sp³-hybridized carbons (Fsp3) is 0.300. The molecule has 0 aliphatic rings. The largest absolute Gasteiger partial charge is 0.484 e. The summed E-state index contributed by atoms with van der Waals surface area (Å²) >= 11 is 0. The highest BCUT2D eigenvalue weighted by molar-refractivity contribution is 5.87. The van der Waals surface area contributed by atoms with Crippen molar-refractivity contribution in [1.82, 2.24) is 10.2 Å². The van der Waals surface area contributed by atoms with Gasteiger partial charge in [0.2, 0.25) is 5.91 Å². The van der Waals surface area contributed by atoms with Gasteiger partial charge in [-0.25, -0.2) is 4.39 Å². The molecule has 2 aromatic carbocycles. The van der Waals surface area contributed by atoms with Gasteiger partial charge >= 0.3 is 0 Å². The molecule has 138 valence electrons. The minimum absolute atomic E-state index is 0.185. The van der Waals surface area contributed by atoms with E-state index in [1.54, 1.807) is 25.1 Å². The Bertz CT molecular complexity index is 762. The van der Waals surface area contributed by atoms with Gasteiger partial charge in [0.25, 0.3) is 5.91 Å². The van der Waals surface area contributed by atoms with Gasteiger partial charge in [0, 0.05) is 13.6 Å². The molecule has 6 heteroatoms. The second-order valence-electron chi connectivity index (χ2n) is 5.99. The third-order valence-corrected chi connectivity index (χ3v) is 4.12. The monoisotopic (exact) mass is 358 g/mol. The Kier molecular flexibility index (Phi) is 6.72. The molecule has 5 nitrogen and oxygen atoms in total. The van der Waals surface area contributed by atoms with Crippen LogP contribution in [0.15, 0.2) is 48.5 Å². The lowest BCUT2D eigenvalue weighted by atomic mass is 10.1. The molecule has 2 rings (SSSR count). The normalized spacial score (nSPS) is 11.5. The Labute approximate surface area is 152 Å². The number of aryl methyl sites for hydroxylation is 1. The van der Waals surface area contributed by atoms with E-state index in [-0.39, 0.29) is 30.8 Å².